The van der Waals surface area contributed by atoms with Crippen LogP contribution in [0.3, 0.4) is 0 Å². The summed E-state index contributed by atoms with van der Waals surface area (Å²) >= 11 is 0. The van der Waals surface area contributed by atoms with Crippen LogP contribution in [-0.4, -0.2) is 70.8 Å². The van der Waals surface area contributed by atoms with Gasteiger partial charge in [0.1, 0.15) is 0 Å². The largest absolute Gasteiger partial charge is 0.380 e. The Morgan fingerprint density at radius 3 is 1.86 bits per heavy atom. The van der Waals surface area contributed by atoms with E-state index in [9.17, 15) is 9.59 Å². The molecule has 2 rings (SSSR count). The molecule has 2 aromatic rings. The third-order valence-electron chi connectivity index (χ3n) is 5.66. The molecule has 0 spiro atoms. The normalized spacial score (nSPS) is 10.9. The zero-order valence-electron chi connectivity index (χ0n) is 22.3. The lowest BCUT2D eigenvalue weighted by molar-refractivity contribution is -0.125. The van der Waals surface area contributed by atoms with Crippen LogP contribution in [-0.2, 0) is 14.3 Å². The molecule has 37 heavy (non-hydrogen) atoms. The summed E-state index contributed by atoms with van der Waals surface area (Å²) in [6, 6.07) is 16.0. The molecular weight excluding hydrogens is 470 g/mol. The van der Waals surface area contributed by atoms with Gasteiger partial charge in [0.15, 0.2) is 0 Å². The molecule has 0 aliphatic carbocycles. The number of carbonyl (C=O) groups is 2. The fourth-order valence-electron chi connectivity index (χ4n) is 3.62. The van der Waals surface area contributed by atoms with Crippen molar-refractivity contribution in [3.8, 4) is 0 Å². The highest BCUT2D eigenvalue weighted by Crippen LogP contribution is 2.24. The first-order valence-corrected chi connectivity index (χ1v) is 12.9. The smallest absolute Gasteiger partial charge is 0.239 e. The minimum Gasteiger partial charge on any atom is -0.380 e. The lowest BCUT2D eigenvalue weighted by Crippen LogP contribution is -2.36. The van der Waals surface area contributed by atoms with Crippen molar-refractivity contribution in [1.82, 2.24) is 10.6 Å². The van der Waals surface area contributed by atoms with E-state index in [0.717, 1.165) is 48.9 Å². The van der Waals surface area contributed by atoms with E-state index < -0.39 is 0 Å². The summed E-state index contributed by atoms with van der Waals surface area (Å²) in [5, 5.41) is 13.9. The molecule has 4 N–H and O–H groups in total. The fraction of sp³-hybridized carbons (Fsp3) is 0.481. The number of nitrogens with zero attached hydrogens (tertiary/aromatic N) is 4. The van der Waals surface area contributed by atoms with Crippen LogP contribution in [0.25, 0.3) is 0 Å². The second-order valence-corrected chi connectivity index (χ2v) is 8.41. The van der Waals surface area contributed by atoms with Gasteiger partial charge in [-0.1, -0.05) is 0 Å². The molecule has 0 saturated heterocycles. The summed E-state index contributed by atoms with van der Waals surface area (Å²) < 4.78 is 5.72. The van der Waals surface area contributed by atoms with Crippen molar-refractivity contribution in [3.05, 3.63) is 48.5 Å². The summed E-state index contributed by atoms with van der Waals surface area (Å²) in [6.45, 7) is 11.2. The quantitative estimate of drug-likeness (QED) is 0.221. The van der Waals surface area contributed by atoms with Gasteiger partial charge in [-0.05, 0) is 68.8 Å². The van der Waals surface area contributed by atoms with E-state index in [1.165, 1.54) is 6.92 Å². The molecule has 0 aliphatic heterocycles. The average molecular weight is 512 g/mol. The molecule has 0 heterocycles. The van der Waals surface area contributed by atoms with E-state index in [-0.39, 0.29) is 18.4 Å². The zero-order valence-corrected chi connectivity index (χ0v) is 22.3. The monoisotopic (exact) mass is 511 g/mol. The molecule has 2 amide bonds. The molecule has 0 bridgehead atoms. The van der Waals surface area contributed by atoms with Crippen LogP contribution in [0.15, 0.2) is 58.8 Å². The number of nitrogens with two attached hydrogens (primary N) is 1. The molecule has 0 fully saturated rings. The molecule has 0 aliphatic rings. The maximum absolute atomic E-state index is 11.5. The van der Waals surface area contributed by atoms with Gasteiger partial charge >= 0.3 is 0 Å². The van der Waals surface area contributed by atoms with E-state index in [1.54, 1.807) is 0 Å². The average Bonchev–Trinajstić information content (AvgIpc) is 2.91. The van der Waals surface area contributed by atoms with Gasteiger partial charge in [-0.2, -0.15) is 10.2 Å². The van der Waals surface area contributed by atoms with Crippen LogP contribution in [0.2, 0.25) is 0 Å². The highest BCUT2D eigenvalue weighted by atomic mass is 16.5. The predicted molar refractivity (Wildman–Crippen MR) is 149 cm³/mol. The molecule has 0 unspecified atom stereocenters. The highest BCUT2D eigenvalue weighted by molar-refractivity contribution is 5.83. The minimum atomic E-state index is -0.221. The number of azo groups is 1. The van der Waals surface area contributed by atoms with E-state index in [0.29, 0.717) is 32.7 Å². The van der Waals surface area contributed by atoms with Crippen molar-refractivity contribution < 1.29 is 14.3 Å². The van der Waals surface area contributed by atoms with Gasteiger partial charge in [-0.3, -0.25) is 9.59 Å². The highest BCUT2D eigenvalue weighted by Gasteiger charge is 2.06. The van der Waals surface area contributed by atoms with Gasteiger partial charge in [0.05, 0.1) is 24.5 Å². The standard InChI is InChI=1S/C27H41N7O3/c1-4-33(17-15-28)25-11-7-23(8-12-25)31-32-24-9-13-26(14-10-24)34(5-2)18-20-37-19-6-16-29-27(36)21-30-22(3)35/h7-14H,4-6,15-21,28H2,1-3H3,(H,29,36)(H,30,35)/b32-31+. The van der Waals surface area contributed by atoms with Gasteiger partial charge in [0, 0.05) is 64.2 Å². The van der Waals surface area contributed by atoms with Crippen LogP contribution >= 0.6 is 0 Å². The van der Waals surface area contributed by atoms with Gasteiger partial charge in [-0.25, -0.2) is 0 Å². The van der Waals surface area contributed by atoms with Crippen molar-refractivity contribution in [2.75, 3.05) is 68.8 Å². The molecule has 202 valence electrons. The molecule has 10 heteroatoms. The first-order chi connectivity index (χ1) is 18.0. The second kappa shape index (κ2) is 17.0. The number of amides is 2. The van der Waals surface area contributed by atoms with Crippen molar-refractivity contribution >= 4 is 34.6 Å². The third-order valence-corrected chi connectivity index (χ3v) is 5.66. The number of hydrogen-bond acceptors (Lipinski definition) is 8. The Balaban J connectivity index is 1.73. The number of rotatable bonds is 17. The van der Waals surface area contributed by atoms with Gasteiger partial charge < -0.3 is 30.9 Å². The Bertz CT molecular complexity index is 965. The zero-order chi connectivity index (χ0) is 26.9. The van der Waals surface area contributed by atoms with E-state index in [2.05, 4.69) is 44.5 Å². The topological polar surface area (TPSA) is 125 Å². The lowest BCUT2D eigenvalue weighted by Gasteiger charge is -2.23. The summed E-state index contributed by atoms with van der Waals surface area (Å²) in [4.78, 5) is 26.8. The predicted octanol–water partition coefficient (Wildman–Crippen LogP) is 3.37. The van der Waals surface area contributed by atoms with E-state index in [1.807, 2.05) is 48.5 Å². The van der Waals surface area contributed by atoms with Crippen molar-refractivity contribution in [1.29, 1.82) is 0 Å². The van der Waals surface area contributed by atoms with E-state index >= 15 is 0 Å². The number of hydrogen-bond donors (Lipinski definition) is 3. The third kappa shape index (κ3) is 11.4. The maximum Gasteiger partial charge on any atom is 0.239 e. The van der Waals surface area contributed by atoms with Gasteiger partial charge in [0.25, 0.3) is 0 Å². The summed E-state index contributed by atoms with van der Waals surface area (Å²) in [5.41, 5.74) is 9.51. The SMILES string of the molecule is CCN(CCN)c1ccc(/N=N/c2ccc(N(CC)CCOCCCNC(=O)CNC(C)=O)cc2)cc1. The minimum absolute atomic E-state index is 0.00242. The number of carbonyl (C=O) groups excluding carboxylic acids is 2. The van der Waals surface area contributed by atoms with Crippen LogP contribution in [0, 0.1) is 0 Å². The molecule has 0 saturated carbocycles. The summed E-state index contributed by atoms with van der Waals surface area (Å²) in [6.07, 6.45) is 0.713. The van der Waals surface area contributed by atoms with Crippen molar-refractivity contribution in [2.45, 2.75) is 27.2 Å². The number of likely N-dealkylation sites (N-methyl/N-ethyl adjacent to an activating group) is 2. The molecule has 2 aromatic carbocycles. The first-order valence-electron chi connectivity index (χ1n) is 12.9. The Morgan fingerprint density at radius 1 is 0.838 bits per heavy atom. The lowest BCUT2D eigenvalue weighted by atomic mass is 10.2. The van der Waals surface area contributed by atoms with Crippen molar-refractivity contribution in [3.63, 3.8) is 0 Å². The molecule has 0 aromatic heterocycles. The molecule has 0 radical (unpaired) electrons. The number of anilines is 2. The first kappa shape index (κ1) is 29.7. The Morgan fingerprint density at radius 2 is 1.38 bits per heavy atom. The number of benzene rings is 2. The Labute approximate surface area is 220 Å². The summed E-state index contributed by atoms with van der Waals surface area (Å²) in [5.74, 6) is -0.420. The molecular formula is C27H41N7O3. The van der Waals surface area contributed by atoms with Crippen LogP contribution in [0.1, 0.15) is 27.2 Å². The summed E-state index contributed by atoms with van der Waals surface area (Å²) in [7, 11) is 0. The van der Waals surface area contributed by atoms with E-state index in [4.69, 9.17) is 10.5 Å². The van der Waals surface area contributed by atoms with Crippen molar-refractivity contribution in [2.24, 2.45) is 16.0 Å². The number of nitrogens with one attached hydrogen (secondary N) is 2. The van der Waals surface area contributed by atoms with Crippen LogP contribution < -0.4 is 26.2 Å². The van der Waals surface area contributed by atoms with Crippen LogP contribution in [0.4, 0.5) is 22.7 Å². The van der Waals surface area contributed by atoms with Crippen LogP contribution in [0.5, 0.6) is 0 Å². The fourth-order valence-corrected chi connectivity index (χ4v) is 3.62. The maximum atomic E-state index is 11.5. The second-order valence-electron chi connectivity index (χ2n) is 8.41. The van der Waals surface area contributed by atoms with Gasteiger partial charge in [-0.15, -0.1) is 0 Å². The Hall–Kier alpha value is -3.50. The molecule has 10 nitrogen and oxygen atoms in total. The molecule has 0 atom stereocenters. The van der Waals surface area contributed by atoms with Gasteiger partial charge in [0.2, 0.25) is 11.8 Å². The Kier molecular flexibility index (Phi) is 13.7. The number of ether oxygens (including phenoxy) is 1.